The van der Waals surface area contributed by atoms with Crippen LogP contribution in [0.25, 0.3) is 22.8 Å². The van der Waals surface area contributed by atoms with Crippen LogP contribution >= 0.6 is 0 Å². The molecule has 0 saturated heterocycles. The van der Waals surface area contributed by atoms with Gasteiger partial charge in [0.25, 0.3) is 11.8 Å². The Labute approximate surface area is 235 Å². The lowest BCUT2D eigenvalue weighted by Gasteiger charge is -2.17. The van der Waals surface area contributed by atoms with Crippen molar-refractivity contribution in [2.24, 2.45) is 5.73 Å². The number of carbonyl (C=O) groups is 2. The summed E-state index contributed by atoms with van der Waals surface area (Å²) in [7, 11) is 0. The zero-order chi connectivity index (χ0) is 29.4. The molecule has 0 spiro atoms. The number of rotatable bonds is 13. The van der Waals surface area contributed by atoms with Crippen molar-refractivity contribution in [3.8, 4) is 28.5 Å². The molecule has 0 fully saturated rings. The summed E-state index contributed by atoms with van der Waals surface area (Å²) in [4.78, 5) is 32.6. The Morgan fingerprint density at radius 3 is 2.32 bits per heavy atom. The molecular formula is C28H31FN6O6. The number of benzene rings is 2. The smallest absolute Gasteiger partial charge is 0.319 e. The minimum Gasteiger partial charge on any atom is -0.481 e. The first-order valence-corrected chi connectivity index (χ1v) is 13.2. The molecule has 0 aliphatic carbocycles. The van der Waals surface area contributed by atoms with Gasteiger partial charge >= 0.3 is 5.97 Å². The van der Waals surface area contributed by atoms with Crippen LogP contribution in [0.3, 0.4) is 0 Å². The van der Waals surface area contributed by atoms with Crippen molar-refractivity contribution in [2.75, 3.05) is 13.2 Å². The van der Waals surface area contributed by atoms with Crippen LogP contribution in [-0.4, -0.2) is 51.4 Å². The zero-order valence-electron chi connectivity index (χ0n) is 22.9. The van der Waals surface area contributed by atoms with E-state index < -0.39 is 29.8 Å². The summed E-state index contributed by atoms with van der Waals surface area (Å²) >= 11 is 0. The van der Waals surface area contributed by atoms with E-state index in [1.165, 1.54) is 12.1 Å². The van der Waals surface area contributed by atoms with Crippen molar-refractivity contribution in [1.82, 2.24) is 25.6 Å². The molecule has 4 rings (SSSR count). The molecule has 1 unspecified atom stereocenters. The van der Waals surface area contributed by atoms with Crippen molar-refractivity contribution in [3.63, 3.8) is 0 Å². The lowest BCUT2D eigenvalue weighted by molar-refractivity contribution is -0.142. The van der Waals surface area contributed by atoms with Gasteiger partial charge in [-0.3, -0.25) is 9.59 Å². The number of nitrogens with one attached hydrogen (secondary N) is 1. The molecule has 216 valence electrons. The first-order valence-electron chi connectivity index (χ1n) is 13.2. The normalized spacial score (nSPS) is 12.5. The van der Waals surface area contributed by atoms with E-state index in [4.69, 9.17) is 24.3 Å². The van der Waals surface area contributed by atoms with Crippen LogP contribution in [-0.2, 0) is 16.0 Å². The minimum atomic E-state index is -0.767. The number of nitrogens with two attached hydrogens (primary N) is 1. The maximum Gasteiger partial charge on any atom is 0.319 e. The van der Waals surface area contributed by atoms with E-state index in [-0.39, 0.29) is 30.4 Å². The molecule has 2 aromatic carbocycles. The highest BCUT2D eigenvalue weighted by atomic mass is 19.1. The summed E-state index contributed by atoms with van der Waals surface area (Å²) in [6.07, 6.45) is 1.10. The van der Waals surface area contributed by atoms with E-state index in [2.05, 4.69) is 25.6 Å². The van der Waals surface area contributed by atoms with E-state index in [1.807, 2.05) is 26.0 Å². The number of carbonyl (C=O) groups excluding carboxylic acids is 2. The Hall–Kier alpha value is -4.65. The Balaban J connectivity index is 1.41. The summed E-state index contributed by atoms with van der Waals surface area (Å²) < 4.78 is 36.5. The Morgan fingerprint density at radius 2 is 1.68 bits per heavy atom. The van der Waals surface area contributed by atoms with Crippen molar-refractivity contribution in [2.45, 2.75) is 52.2 Å². The summed E-state index contributed by atoms with van der Waals surface area (Å²) in [5.41, 5.74) is 6.15. The third-order valence-corrected chi connectivity index (χ3v) is 6.16. The highest BCUT2D eigenvalue weighted by molar-refractivity contribution is 5.95. The SMILES string of the molecule is CCc1nc(-c2ccc(OC(CC)c3nc(-c4ccc(C(=O)N[C@H](CC)COC(=O)CN)c(F)c4)no3)cc2)no1. The lowest BCUT2D eigenvalue weighted by atomic mass is 10.1. The van der Waals surface area contributed by atoms with Crippen LogP contribution in [0.2, 0.25) is 0 Å². The van der Waals surface area contributed by atoms with Gasteiger partial charge in [0.2, 0.25) is 17.5 Å². The van der Waals surface area contributed by atoms with E-state index in [0.29, 0.717) is 42.3 Å². The molecule has 41 heavy (non-hydrogen) atoms. The average Bonchev–Trinajstić information content (AvgIpc) is 3.68. The minimum absolute atomic E-state index is 0.0625. The Morgan fingerprint density at radius 1 is 0.976 bits per heavy atom. The number of hydrogen-bond donors (Lipinski definition) is 2. The first-order chi connectivity index (χ1) is 19.8. The monoisotopic (exact) mass is 566 g/mol. The molecule has 0 saturated carbocycles. The van der Waals surface area contributed by atoms with Crippen LogP contribution < -0.4 is 15.8 Å². The number of aryl methyl sites for hydroxylation is 1. The van der Waals surface area contributed by atoms with Crippen LogP contribution in [0, 0.1) is 5.82 Å². The quantitative estimate of drug-likeness (QED) is 0.224. The molecule has 1 amide bonds. The van der Waals surface area contributed by atoms with Gasteiger partial charge in [0, 0.05) is 17.5 Å². The van der Waals surface area contributed by atoms with Crippen molar-refractivity contribution >= 4 is 11.9 Å². The standard InChI is InChI=1S/C28H31FN6O6/c1-4-18(15-38-24(36)14-30)31-27(37)20-12-9-17(13-21(20)29)26-33-28(41-35-26)22(5-2)39-19-10-7-16(8-11-19)25-32-23(6-3)40-34-25/h7-13,18,22H,4-6,14-15,30H2,1-3H3,(H,31,37)/t18-,22?/m1/s1. The average molecular weight is 567 g/mol. The first kappa shape index (κ1) is 29.3. The van der Waals surface area contributed by atoms with E-state index in [9.17, 15) is 14.0 Å². The summed E-state index contributed by atoms with van der Waals surface area (Å²) in [6, 6.07) is 10.7. The zero-order valence-corrected chi connectivity index (χ0v) is 22.9. The Kier molecular flexibility index (Phi) is 9.74. The van der Waals surface area contributed by atoms with Gasteiger partial charge in [-0.2, -0.15) is 9.97 Å². The fourth-order valence-electron chi connectivity index (χ4n) is 3.77. The number of esters is 1. The topological polar surface area (TPSA) is 168 Å². The van der Waals surface area contributed by atoms with Gasteiger partial charge < -0.3 is 29.6 Å². The van der Waals surface area contributed by atoms with Gasteiger partial charge in [0.05, 0.1) is 18.2 Å². The summed E-state index contributed by atoms with van der Waals surface area (Å²) in [6.45, 7) is 5.31. The third kappa shape index (κ3) is 7.31. The number of nitrogens with zero attached hydrogens (tertiary/aromatic N) is 4. The molecule has 2 atom stereocenters. The number of ether oxygens (including phenoxy) is 2. The van der Waals surface area contributed by atoms with Crippen molar-refractivity contribution in [1.29, 1.82) is 0 Å². The highest BCUT2D eigenvalue weighted by Crippen LogP contribution is 2.28. The molecule has 0 radical (unpaired) electrons. The van der Waals surface area contributed by atoms with Gasteiger partial charge in [0.1, 0.15) is 18.2 Å². The van der Waals surface area contributed by atoms with E-state index in [0.717, 1.165) is 11.6 Å². The second-order valence-electron chi connectivity index (χ2n) is 9.02. The molecule has 2 heterocycles. The summed E-state index contributed by atoms with van der Waals surface area (Å²) in [5, 5.41) is 10.6. The van der Waals surface area contributed by atoms with E-state index in [1.54, 1.807) is 19.1 Å². The van der Waals surface area contributed by atoms with Gasteiger partial charge in [-0.1, -0.05) is 37.2 Å². The molecule has 4 aromatic rings. The molecule has 3 N–H and O–H groups in total. The maximum atomic E-state index is 14.9. The van der Waals surface area contributed by atoms with Gasteiger partial charge in [-0.25, -0.2) is 4.39 Å². The lowest BCUT2D eigenvalue weighted by Crippen LogP contribution is -2.39. The molecule has 0 aliphatic rings. The number of hydrogen-bond acceptors (Lipinski definition) is 11. The molecule has 2 aromatic heterocycles. The van der Waals surface area contributed by atoms with Crippen LogP contribution in [0.15, 0.2) is 51.5 Å². The fraction of sp³-hybridized carbons (Fsp3) is 0.357. The number of halogens is 1. The van der Waals surface area contributed by atoms with Gasteiger partial charge in [0.15, 0.2) is 6.10 Å². The predicted molar refractivity (Wildman–Crippen MR) is 144 cm³/mol. The second-order valence-corrected chi connectivity index (χ2v) is 9.02. The molecule has 12 nitrogen and oxygen atoms in total. The molecule has 0 bridgehead atoms. The number of aromatic nitrogens is 4. The Bertz CT molecular complexity index is 1470. The van der Waals surface area contributed by atoms with Crippen molar-refractivity contribution < 1.29 is 32.5 Å². The maximum absolute atomic E-state index is 14.9. The molecular weight excluding hydrogens is 535 g/mol. The second kappa shape index (κ2) is 13.6. The van der Waals surface area contributed by atoms with E-state index >= 15 is 0 Å². The number of amides is 1. The fourth-order valence-corrected chi connectivity index (χ4v) is 3.77. The van der Waals surface area contributed by atoms with Crippen LogP contribution in [0.5, 0.6) is 5.75 Å². The van der Waals surface area contributed by atoms with Gasteiger partial charge in [-0.15, -0.1) is 0 Å². The molecule has 0 aliphatic heterocycles. The molecule has 13 heteroatoms. The van der Waals surface area contributed by atoms with Crippen LogP contribution in [0.1, 0.15) is 61.9 Å². The van der Waals surface area contributed by atoms with Gasteiger partial charge in [-0.05, 0) is 49.2 Å². The highest BCUT2D eigenvalue weighted by Gasteiger charge is 2.22. The predicted octanol–water partition coefficient (Wildman–Crippen LogP) is 4.03. The largest absolute Gasteiger partial charge is 0.481 e. The third-order valence-electron chi connectivity index (χ3n) is 6.16. The summed E-state index contributed by atoms with van der Waals surface area (Å²) in [5.74, 6) is -0.00775. The van der Waals surface area contributed by atoms with Crippen molar-refractivity contribution in [3.05, 3.63) is 65.6 Å². The van der Waals surface area contributed by atoms with Crippen LogP contribution in [0.4, 0.5) is 4.39 Å².